The van der Waals surface area contributed by atoms with Crippen molar-refractivity contribution < 1.29 is 19.6 Å². The molecule has 0 radical (unpaired) electrons. The zero-order valence-corrected chi connectivity index (χ0v) is 10.3. The topological polar surface area (TPSA) is 132 Å². The lowest BCUT2D eigenvalue weighted by Crippen LogP contribution is -2.33. The number of methoxy groups -OCH3 is 1. The molecule has 104 valence electrons. The quantitative estimate of drug-likeness (QED) is 0.527. The van der Waals surface area contributed by atoms with Crippen molar-refractivity contribution in [2.75, 3.05) is 37.4 Å². The van der Waals surface area contributed by atoms with Crippen molar-refractivity contribution in [3.05, 3.63) is 22.2 Å². The first-order chi connectivity index (χ1) is 8.95. The molecule has 0 fully saturated rings. The Morgan fingerprint density at radius 2 is 2.32 bits per heavy atom. The van der Waals surface area contributed by atoms with E-state index in [1.165, 1.54) is 24.1 Å². The van der Waals surface area contributed by atoms with Crippen LogP contribution in [-0.4, -0.2) is 47.8 Å². The molecule has 0 aliphatic rings. The number of nitrogens with two attached hydrogens (primary N) is 1. The summed E-state index contributed by atoms with van der Waals surface area (Å²) in [6.07, 6.45) is 0. The van der Waals surface area contributed by atoms with Crippen molar-refractivity contribution >= 4 is 23.3 Å². The monoisotopic (exact) mass is 270 g/mol. The Balaban J connectivity index is 2.98. The molecule has 0 spiro atoms. The molecule has 1 aromatic rings. The van der Waals surface area contributed by atoms with Gasteiger partial charge in [0, 0.05) is 19.7 Å². The number of rotatable bonds is 7. The van der Waals surface area contributed by atoms with Crippen LogP contribution in [0.25, 0.3) is 0 Å². The number of aliphatic carboxylic acids is 1. The van der Waals surface area contributed by atoms with Gasteiger partial charge < -0.3 is 20.5 Å². The molecule has 0 saturated carbocycles. The third-order valence-corrected chi connectivity index (χ3v) is 2.30. The van der Waals surface area contributed by atoms with E-state index in [-0.39, 0.29) is 30.4 Å². The predicted molar refractivity (Wildman–Crippen MR) is 67.0 cm³/mol. The molecular weight excluding hydrogens is 256 g/mol. The Morgan fingerprint density at radius 1 is 1.63 bits per heavy atom. The van der Waals surface area contributed by atoms with Gasteiger partial charge in [0.1, 0.15) is 12.4 Å². The normalized spacial score (nSPS) is 10.2. The molecule has 3 N–H and O–H groups in total. The fraction of sp³-hybridized carbons (Fsp3) is 0.400. The lowest BCUT2D eigenvalue weighted by Gasteiger charge is -2.21. The first kappa shape index (κ1) is 14.6. The summed E-state index contributed by atoms with van der Waals surface area (Å²) in [5.74, 6) is -1.05. The van der Waals surface area contributed by atoms with Crippen LogP contribution in [0.15, 0.2) is 12.1 Å². The Morgan fingerprint density at radius 3 is 2.79 bits per heavy atom. The van der Waals surface area contributed by atoms with Crippen LogP contribution in [0.5, 0.6) is 0 Å². The van der Waals surface area contributed by atoms with Crippen LogP contribution in [0.1, 0.15) is 0 Å². The van der Waals surface area contributed by atoms with E-state index in [2.05, 4.69) is 4.98 Å². The number of hydrogen-bond donors (Lipinski definition) is 2. The van der Waals surface area contributed by atoms with Crippen LogP contribution < -0.4 is 10.6 Å². The molecule has 1 aromatic heterocycles. The molecule has 0 amide bonds. The SMILES string of the molecule is COCCN(CC(=O)O)c1ccc([N+](=O)[O-])c(N)n1. The van der Waals surface area contributed by atoms with E-state index < -0.39 is 10.9 Å². The average molecular weight is 270 g/mol. The van der Waals surface area contributed by atoms with Gasteiger partial charge in [-0.2, -0.15) is 0 Å². The third kappa shape index (κ3) is 4.07. The van der Waals surface area contributed by atoms with Crippen LogP contribution in [0.2, 0.25) is 0 Å². The number of pyridine rings is 1. The lowest BCUT2D eigenvalue weighted by atomic mass is 10.3. The molecule has 9 heteroatoms. The number of hydrogen-bond acceptors (Lipinski definition) is 7. The molecule has 19 heavy (non-hydrogen) atoms. The Hall–Kier alpha value is -2.42. The molecule has 0 aromatic carbocycles. The summed E-state index contributed by atoms with van der Waals surface area (Å²) in [7, 11) is 1.48. The third-order valence-electron chi connectivity index (χ3n) is 2.30. The lowest BCUT2D eigenvalue weighted by molar-refractivity contribution is -0.384. The van der Waals surface area contributed by atoms with E-state index >= 15 is 0 Å². The van der Waals surface area contributed by atoms with Gasteiger partial charge in [0.15, 0.2) is 0 Å². The number of nitrogen functional groups attached to an aromatic ring is 1. The highest BCUT2D eigenvalue weighted by atomic mass is 16.6. The average Bonchev–Trinajstić information content (AvgIpc) is 2.33. The van der Waals surface area contributed by atoms with Gasteiger partial charge in [-0.1, -0.05) is 0 Å². The molecule has 0 atom stereocenters. The fourth-order valence-corrected chi connectivity index (χ4v) is 1.43. The number of anilines is 2. The van der Waals surface area contributed by atoms with Gasteiger partial charge in [0.2, 0.25) is 5.82 Å². The van der Waals surface area contributed by atoms with Gasteiger partial charge in [-0.15, -0.1) is 0 Å². The largest absolute Gasteiger partial charge is 0.480 e. The van der Waals surface area contributed by atoms with Crippen molar-refractivity contribution in [1.29, 1.82) is 0 Å². The summed E-state index contributed by atoms with van der Waals surface area (Å²) in [6.45, 7) is 0.284. The molecule has 0 aliphatic heterocycles. The highest BCUT2D eigenvalue weighted by Crippen LogP contribution is 2.22. The Kier molecular flexibility index (Phi) is 5.01. The smallest absolute Gasteiger partial charge is 0.323 e. The molecular formula is C10H14N4O5. The van der Waals surface area contributed by atoms with Crippen LogP contribution in [0, 0.1) is 10.1 Å². The standard InChI is InChI=1S/C10H14N4O5/c1-19-5-4-13(6-9(15)16)8-3-2-7(14(17)18)10(11)12-8/h2-3H,4-6H2,1H3,(H2,11,12)(H,15,16). The number of nitrogens with zero attached hydrogens (tertiary/aromatic N) is 3. The maximum absolute atomic E-state index is 10.8. The molecule has 1 rings (SSSR count). The summed E-state index contributed by atoms with van der Waals surface area (Å²) in [5, 5.41) is 19.4. The van der Waals surface area contributed by atoms with Crippen molar-refractivity contribution in [1.82, 2.24) is 4.98 Å². The van der Waals surface area contributed by atoms with Crippen LogP contribution >= 0.6 is 0 Å². The highest BCUT2D eigenvalue weighted by molar-refractivity contribution is 5.73. The Bertz CT molecular complexity index is 479. The number of nitro groups is 1. The Labute approximate surface area is 108 Å². The number of aromatic nitrogens is 1. The van der Waals surface area contributed by atoms with Crippen LogP contribution in [-0.2, 0) is 9.53 Å². The first-order valence-electron chi connectivity index (χ1n) is 5.32. The van der Waals surface area contributed by atoms with Crippen molar-refractivity contribution in [2.24, 2.45) is 0 Å². The van der Waals surface area contributed by atoms with E-state index in [4.69, 9.17) is 15.6 Å². The van der Waals surface area contributed by atoms with Crippen molar-refractivity contribution in [2.45, 2.75) is 0 Å². The minimum atomic E-state index is -1.05. The molecule has 0 bridgehead atoms. The van der Waals surface area contributed by atoms with E-state index in [0.717, 1.165) is 0 Å². The summed E-state index contributed by atoms with van der Waals surface area (Å²) in [5.41, 5.74) is 5.15. The zero-order chi connectivity index (χ0) is 14.4. The molecule has 0 unspecified atom stereocenters. The molecule has 0 saturated heterocycles. The summed E-state index contributed by atoms with van der Waals surface area (Å²) < 4.78 is 4.87. The summed E-state index contributed by atoms with van der Waals surface area (Å²) in [6, 6.07) is 2.55. The van der Waals surface area contributed by atoms with Crippen LogP contribution in [0.4, 0.5) is 17.3 Å². The minimum absolute atomic E-state index is 0.252. The van der Waals surface area contributed by atoms with Gasteiger partial charge in [0.25, 0.3) is 0 Å². The predicted octanol–water partition coefficient (Wildman–Crippen LogP) is 0.109. The summed E-state index contributed by atoms with van der Waals surface area (Å²) in [4.78, 5) is 26.0. The molecule has 1 heterocycles. The van der Waals surface area contributed by atoms with E-state index in [1.807, 2.05) is 0 Å². The molecule has 0 aliphatic carbocycles. The van der Waals surface area contributed by atoms with Crippen LogP contribution in [0.3, 0.4) is 0 Å². The maximum atomic E-state index is 10.8. The van der Waals surface area contributed by atoms with E-state index in [1.54, 1.807) is 0 Å². The zero-order valence-electron chi connectivity index (χ0n) is 10.3. The summed E-state index contributed by atoms with van der Waals surface area (Å²) >= 11 is 0. The van der Waals surface area contributed by atoms with Crippen molar-refractivity contribution in [3.63, 3.8) is 0 Å². The maximum Gasteiger partial charge on any atom is 0.323 e. The van der Waals surface area contributed by atoms with E-state index in [0.29, 0.717) is 6.61 Å². The van der Waals surface area contributed by atoms with Crippen molar-refractivity contribution in [3.8, 4) is 0 Å². The number of carboxylic acids is 1. The highest BCUT2D eigenvalue weighted by Gasteiger charge is 2.17. The second-order valence-corrected chi connectivity index (χ2v) is 3.64. The number of ether oxygens (including phenoxy) is 1. The number of carboxylic acid groups (broad SMARTS) is 1. The van der Waals surface area contributed by atoms with Gasteiger partial charge in [0.05, 0.1) is 11.5 Å². The number of carbonyl (C=O) groups is 1. The first-order valence-corrected chi connectivity index (χ1v) is 5.32. The van der Waals surface area contributed by atoms with Gasteiger partial charge in [-0.3, -0.25) is 14.9 Å². The van der Waals surface area contributed by atoms with Gasteiger partial charge >= 0.3 is 11.7 Å². The second-order valence-electron chi connectivity index (χ2n) is 3.64. The van der Waals surface area contributed by atoms with Gasteiger partial charge in [-0.25, -0.2) is 4.98 Å². The minimum Gasteiger partial charge on any atom is -0.480 e. The fourth-order valence-electron chi connectivity index (χ4n) is 1.43. The van der Waals surface area contributed by atoms with E-state index in [9.17, 15) is 14.9 Å². The van der Waals surface area contributed by atoms with Gasteiger partial charge in [-0.05, 0) is 6.07 Å². The second kappa shape index (κ2) is 6.50. The molecule has 9 nitrogen and oxygen atoms in total.